The highest BCUT2D eigenvalue weighted by atomic mass is 35.5. The van der Waals surface area contributed by atoms with Crippen LogP contribution >= 0.6 is 11.6 Å². The van der Waals surface area contributed by atoms with Gasteiger partial charge in [-0.05, 0) is 51.0 Å². The van der Waals surface area contributed by atoms with Crippen molar-refractivity contribution >= 4 is 23.2 Å². The highest BCUT2D eigenvalue weighted by Crippen LogP contribution is 2.37. The molecule has 2 unspecified atom stereocenters. The molecule has 0 aliphatic carbocycles. The molecule has 1 aromatic heterocycles. The predicted molar refractivity (Wildman–Crippen MR) is 123 cm³/mol. The van der Waals surface area contributed by atoms with Gasteiger partial charge in [-0.1, -0.05) is 17.7 Å². The van der Waals surface area contributed by atoms with Crippen LogP contribution in [0.5, 0.6) is 0 Å². The summed E-state index contributed by atoms with van der Waals surface area (Å²) in [5.74, 6) is -1.07. The number of halogens is 2. The van der Waals surface area contributed by atoms with Gasteiger partial charge in [0.25, 0.3) is 0 Å². The quantitative estimate of drug-likeness (QED) is 0.729. The summed E-state index contributed by atoms with van der Waals surface area (Å²) in [6, 6.07) is 6.60. The number of nitrogens with two attached hydrogens (primary N) is 1. The van der Waals surface area contributed by atoms with Crippen LogP contribution in [0.25, 0.3) is 0 Å². The van der Waals surface area contributed by atoms with Gasteiger partial charge in [-0.25, -0.2) is 4.39 Å². The van der Waals surface area contributed by atoms with E-state index < -0.39 is 17.3 Å². The molecule has 0 spiro atoms. The van der Waals surface area contributed by atoms with Gasteiger partial charge in [0.05, 0.1) is 29.3 Å². The average Bonchev–Trinajstić information content (AvgIpc) is 3.14. The number of aromatic nitrogens is 1. The number of fused-ring (bicyclic) bond motifs is 1. The van der Waals surface area contributed by atoms with E-state index in [0.717, 1.165) is 16.9 Å². The molecule has 0 saturated carbocycles. The number of benzene rings is 1. The van der Waals surface area contributed by atoms with Crippen molar-refractivity contribution in [3.8, 4) is 0 Å². The SMILES string of the molecule is CC1OCc2nccc(N3CCN(C(=O)C(CC(C)(C)N)c4ccc(Cl)c(F)c4)CC3)c21. The number of anilines is 1. The number of nitrogens with zero attached hydrogens (tertiary/aromatic N) is 3. The summed E-state index contributed by atoms with van der Waals surface area (Å²) >= 11 is 5.86. The Balaban J connectivity index is 1.51. The first-order valence-corrected chi connectivity index (χ1v) is 11.4. The Morgan fingerprint density at radius 2 is 2.03 bits per heavy atom. The van der Waals surface area contributed by atoms with Crippen LogP contribution in [0, 0.1) is 5.82 Å². The minimum Gasteiger partial charge on any atom is -0.368 e. The fourth-order valence-electron chi connectivity index (χ4n) is 4.62. The summed E-state index contributed by atoms with van der Waals surface area (Å²) in [5, 5.41) is 0.0451. The Labute approximate surface area is 193 Å². The van der Waals surface area contributed by atoms with Crippen LogP contribution in [-0.2, 0) is 16.1 Å². The fourth-order valence-corrected chi connectivity index (χ4v) is 4.73. The van der Waals surface area contributed by atoms with Gasteiger partial charge in [-0.15, -0.1) is 0 Å². The number of carbonyl (C=O) groups is 1. The number of amides is 1. The highest BCUT2D eigenvalue weighted by Gasteiger charge is 2.33. The van der Waals surface area contributed by atoms with E-state index in [9.17, 15) is 9.18 Å². The van der Waals surface area contributed by atoms with Crippen LogP contribution in [0.4, 0.5) is 10.1 Å². The smallest absolute Gasteiger partial charge is 0.230 e. The standard InChI is InChI=1S/C24H30ClFN4O2/c1-15-22-20(14-32-15)28-7-6-21(22)29-8-10-30(11-9-29)23(31)17(13-24(2,3)27)16-4-5-18(25)19(26)12-16/h4-7,12,15,17H,8-11,13-14,27H2,1-3H3. The summed E-state index contributed by atoms with van der Waals surface area (Å²) in [5.41, 5.74) is 9.55. The lowest BCUT2D eigenvalue weighted by Crippen LogP contribution is -2.51. The number of carbonyl (C=O) groups excluding carboxylic acids is 1. The van der Waals surface area contributed by atoms with Crippen molar-refractivity contribution in [2.24, 2.45) is 5.73 Å². The Hall–Kier alpha value is -2.22. The molecule has 2 aliphatic rings. The summed E-state index contributed by atoms with van der Waals surface area (Å²) in [6.07, 6.45) is 2.26. The van der Waals surface area contributed by atoms with Crippen LogP contribution < -0.4 is 10.6 Å². The molecular formula is C24H30ClFN4O2. The lowest BCUT2D eigenvalue weighted by atomic mass is 9.85. The van der Waals surface area contributed by atoms with Gasteiger partial charge in [0.15, 0.2) is 0 Å². The van der Waals surface area contributed by atoms with E-state index in [-0.39, 0.29) is 17.0 Å². The topological polar surface area (TPSA) is 71.7 Å². The van der Waals surface area contributed by atoms with Crippen molar-refractivity contribution in [3.63, 3.8) is 0 Å². The molecule has 0 radical (unpaired) electrons. The second kappa shape index (κ2) is 8.96. The molecule has 0 bridgehead atoms. The van der Waals surface area contributed by atoms with E-state index in [1.807, 2.05) is 37.9 Å². The van der Waals surface area contributed by atoms with E-state index >= 15 is 0 Å². The maximum atomic E-state index is 14.1. The normalized spacial score (nSPS) is 19.8. The van der Waals surface area contributed by atoms with E-state index in [0.29, 0.717) is 44.8 Å². The van der Waals surface area contributed by atoms with Crippen LogP contribution in [-0.4, -0.2) is 47.5 Å². The molecule has 2 N–H and O–H groups in total. The van der Waals surface area contributed by atoms with Crippen LogP contribution in [0.3, 0.4) is 0 Å². The van der Waals surface area contributed by atoms with E-state index in [2.05, 4.69) is 9.88 Å². The molecule has 32 heavy (non-hydrogen) atoms. The zero-order chi connectivity index (χ0) is 23.0. The summed E-state index contributed by atoms with van der Waals surface area (Å²) in [4.78, 5) is 22.1. The lowest BCUT2D eigenvalue weighted by molar-refractivity contribution is -0.133. The van der Waals surface area contributed by atoms with Gasteiger partial charge in [0, 0.05) is 49.2 Å². The maximum Gasteiger partial charge on any atom is 0.230 e. The number of ether oxygens (including phenoxy) is 1. The van der Waals surface area contributed by atoms with Crippen molar-refractivity contribution in [2.75, 3.05) is 31.1 Å². The molecule has 172 valence electrons. The van der Waals surface area contributed by atoms with Crippen molar-refractivity contribution < 1.29 is 13.9 Å². The van der Waals surface area contributed by atoms with Gasteiger partial charge in [0.2, 0.25) is 5.91 Å². The number of pyridine rings is 1. The number of hydrogen-bond acceptors (Lipinski definition) is 5. The van der Waals surface area contributed by atoms with Gasteiger partial charge >= 0.3 is 0 Å². The molecule has 1 aromatic carbocycles. The minimum absolute atomic E-state index is 0.0179. The predicted octanol–water partition coefficient (Wildman–Crippen LogP) is 4.03. The van der Waals surface area contributed by atoms with Crippen LogP contribution in [0.15, 0.2) is 30.5 Å². The molecule has 1 amide bonds. The van der Waals surface area contributed by atoms with E-state index in [1.165, 1.54) is 12.1 Å². The largest absolute Gasteiger partial charge is 0.368 e. The van der Waals surface area contributed by atoms with E-state index in [1.54, 1.807) is 6.07 Å². The Morgan fingerprint density at radius 3 is 2.69 bits per heavy atom. The first kappa shape index (κ1) is 23.0. The molecule has 2 aliphatic heterocycles. The van der Waals surface area contributed by atoms with Gasteiger partial charge in [-0.3, -0.25) is 9.78 Å². The third kappa shape index (κ3) is 4.75. The zero-order valence-electron chi connectivity index (χ0n) is 18.8. The second-order valence-electron chi connectivity index (χ2n) is 9.37. The van der Waals surface area contributed by atoms with Crippen LogP contribution in [0.2, 0.25) is 5.02 Å². The third-order valence-corrected chi connectivity index (χ3v) is 6.54. The zero-order valence-corrected chi connectivity index (χ0v) is 19.5. The molecule has 4 rings (SSSR count). The second-order valence-corrected chi connectivity index (χ2v) is 9.78. The van der Waals surface area contributed by atoms with Crippen molar-refractivity contribution in [3.05, 3.63) is 58.1 Å². The lowest BCUT2D eigenvalue weighted by Gasteiger charge is -2.39. The first-order chi connectivity index (χ1) is 15.1. The molecule has 1 saturated heterocycles. The van der Waals surface area contributed by atoms with Crippen LogP contribution in [0.1, 0.15) is 56.0 Å². The number of hydrogen-bond donors (Lipinski definition) is 1. The molecule has 6 nitrogen and oxygen atoms in total. The summed E-state index contributed by atoms with van der Waals surface area (Å²) in [7, 11) is 0. The Bertz CT molecular complexity index is 1000. The molecule has 1 fully saturated rings. The molecule has 3 heterocycles. The highest BCUT2D eigenvalue weighted by molar-refractivity contribution is 6.30. The van der Waals surface area contributed by atoms with Crippen molar-refractivity contribution in [1.29, 1.82) is 0 Å². The van der Waals surface area contributed by atoms with E-state index in [4.69, 9.17) is 22.1 Å². The van der Waals surface area contributed by atoms with Crippen molar-refractivity contribution in [1.82, 2.24) is 9.88 Å². The Kier molecular flexibility index (Phi) is 6.43. The molecule has 2 atom stereocenters. The summed E-state index contributed by atoms with van der Waals surface area (Å²) in [6.45, 7) is 8.93. The summed E-state index contributed by atoms with van der Waals surface area (Å²) < 4.78 is 19.9. The van der Waals surface area contributed by atoms with Gasteiger partial charge in [-0.2, -0.15) is 0 Å². The monoisotopic (exact) mass is 460 g/mol. The first-order valence-electron chi connectivity index (χ1n) is 11.0. The maximum absolute atomic E-state index is 14.1. The number of piperazine rings is 1. The number of rotatable bonds is 5. The third-order valence-electron chi connectivity index (χ3n) is 6.23. The molecule has 8 heteroatoms. The fraction of sp³-hybridized carbons (Fsp3) is 0.500. The van der Waals surface area contributed by atoms with Gasteiger partial charge < -0.3 is 20.3 Å². The van der Waals surface area contributed by atoms with Crippen molar-refractivity contribution in [2.45, 2.75) is 51.4 Å². The molecule has 2 aromatic rings. The Morgan fingerprint density at radius 1 is 1.31 bits per heavy atom. The molecular weight excluding hydrogens is 431 g/mol. The average molecular weight is 461 g/mol. The van der Waals surface area contributed by atoms with Gasteiger partial charge in [0.1, 0.15) is 5.82 Å². The minimum atomic E-state index is -0.577.